The summed E-state index contributed by atoms with van der Waals surface area (Å²) in [6, 6.07) is 14.4. The summed E-state index contributed by atoms with van der Waals surface area (Å²) in [4.78, 5) is 17.1. The standard InChI is InChI=1S/C26H32N2O3/c1-18-16-20(8-11-23(18)30-5)26-13-12-22(17-24(26)28(4)15-14-26)31-25(29)19-6-9-21(10-7-19)27(2)3/h6-12,16,24H,13-15,17H2,1-5H3. The van der Waals surface area contributed by atoms with Crippen molar-refractivity contribution in [3.05, 3.63) is 71.0 Å². The number of aryl methyl sites for hydroxylation is 1. The van der Waals surface area contributed by atoms with Crippen LogP contribution < -0.4 is 9.64 Å². The summed E-state index contributed by atoms with van der Waals surface area (Å²) in [5.74, 6) is 1.41. The van der Waals surface area contributed by atoms with Crippen LogP contribution in [0.5, 0.6) is 5.75 Å². The zero-order valence-corrected chi connectivity index (χ0v) is 19.1. The molecule has 5 heteroatoms. The summed E-state index contributed by atoms with van der Waals surface area (Å²) in [6.45, 7) is 3.14. The van der Waals surface area contributed by atoms with E-state index in [1.807, 2.05) is 43.3 Å². The first-order valence-electron chi connectivity index (χ1n) is 10.9. The highest BCUT2D eigenvalue weighted by atomic mass is 16.5. The predicted octanol–water partition coefficient (Wildman–Crippen LogP) is 4.55. The fourth-order valence-electron chi connectivity index (χ4n) is 5.08. The fraction of sp³-hybridized carbons (Fsp3) is 0.423. The number of benzene rings is 2. The summed E-state index contributed by atoms with van der Waals surface area (Å²) in [5, 5.41) is 0. The lowest BCUT2D eigenvalue weighted by molar-refractivity contribution is 0.0579. The Morgan fingerprint density at radius 2 is 1.90 bits per heavy atom. The third-order valence-electron chi connectivity index (χ3n) is 6.98. The summed E-state index contributed by atoms with van der Waals surface area (Å²) in [7, 11) is 7.85. The topological polar surface area (TPSA) is 42.0 Å². The number of anilines is 1. The Morgan fingerprint density at radius 1 is 1.16 bits per heavy atom. The Labute approximate surface area is 185 Å². The number of hydrogen-bond donors (Lipinski definition) is 0. The molecule has 4 rings (SSSR count). The molecule has 2 atom stereocenters. The van der Waals surface area contributed by atoms with E-state index in [1.54, 1.807) is 7.11 Å². The van der Waals surface area contributed by atoms with E-state index in [1.165, 1.54) is 5.56 Å². The van der Waals surface area contributed by atoms with E-state index in [0.29, 0.717) is 11.6 Å². The van der Waals surface area contributed by atoms with Gasteiger partial charge in [-0.2, -0.15) is 0 Å². The molecule has 5 nitrogen and oxygen atoms in total. The SMILES string of the molecule is COc1ccc(C23CC=C(OC(=O)c4ccc(N(C)C)cc4)CC2N(C)CC3)cc1C. The molecule has 2 unspecified atom stereocenters. The maximum Gasteiger partial charge on any atom is 0.343 e. The van der Waals surface area contributed by atoms with Crippen LogP contribution in [0.3, 0.4) is 0 Å². The highest BCUT2D eigenvalue weighted by molar-refractivity contribution is 5.90. The van der Waals surface area contributed by atoms with Gasteiger partial charge in [-0.25, -0.2) is 4.79 Å². The molecule has 0 radical (unpaired) electrons. The minimum Gasteiger partial charge on any atom is -0.496 e. The fourth-order valence-corrected chi connectivity index (χ4v) is 5.08. The zero-order valence-electron chi connectivity index (χ0n) is 19.1. The van der Waals surface area contributed by atoms with Crippen molar-refractivity contribution in [3.8, 4) is 5.75 Å². The monoisotopic (exact) mass is 420 g/mol. The van der Waals surface area contributed by atoms with E-state index in [-0.39, 0.29) is 11.4 Å². The molecule has 0 aromatic heterocycles. The molecule has 164 valence electrons. The number of carbonyl (C=O) groups excluding carboxylic acids is 1. The van der Waals surface area contributed by atoms with E-state index < -0.39 is 0 Å². The van der Waals surface area contributed by atoms with Gasteiger partial charge in [-0.3, -0.25) is 0 Å². The molecule has 1 saturated heterocycles. The Balaban J connectivity index is 1.55. The largest absolute Gasteiger partial charge is 0.496 e. The highest BCUT2D eigenvalue weighted by Gasteiger charge is 2.49. The molecule has 0 saturated carbocycles. The number of methoxy groups -OCH3 is 1. The lowest BCUT2D eigenvalue weighted by Gasteiger charge is -2.40. The molecule has 0 bridgehead atoms. The summed E-state index contributed by atoms with van der Waals surface area (Å²) in [6.07, 6.45) is 4.84. The third-order valence-corrected chi connectivity index (χ3v) is 6.98. The second-order valence-electron chi connectivity index (χ2n) is 9.00. The van der Waals surface area contributed by atoms with E-state index in [2.05, 4.69) is 43.1 Å². The molecule has 0 spiro atoms. The molecule has 1 aliphatic heterocycles. The van der Waals surface area contributed by atoms with Crippen molar-refractivity contribution in [2.45, 2.75) is 37.6 Å². The van der Waals surface area contributed by atoms with Gasteiger partial charge >= 0.3 is 5.97 Å². The van der Waals surface area contributed by atoms with Gasteiger partial charge in [-0.1, -0.05) is 12.1 Å². The smallest absolute Gasteiger partial charge is 0.343 e. The molecule has 1 heterocycles. The maximum atomic E-state index is 12.7. The van der Waals surface area contributed by atoms with E-state index >= 15 is 0 Å². The summed E-state index contributed by atoms with van der Waals surface area (Å²) < 4.78 is 11.3. The summed E-state index contributed by atoms with van der Waals surface area (Å²) in [5.41, 5.74) is 4.19. The van der Waals surface area contributed by atoms with Crippen molar-refractivity contribution in [2.24, 2.45) is 0 Å². The van der Waals surface area contributed by atoms with Crippen molar-refractivity contribution in [2.75, 3.05) is 39.7 Å². The first kappa shape index (κ1) is 21.4. The lowest BCUT2D eigenvalue weighted by Crippen LogP contribution is -2.43. The number of esters is 1. The van der Waals surface area contributed by atoms with Gasteiger partial charge in [0.1, 0.15) is 11.5 Å². The zero-order chi connectivity index (χ0) is 22.2. The quantitative estimate of drug-likeness (QED) is 0.664. The molecule has 0 N–H and O–H groups in total. The molecular weight excluding hydrogens is 388 g/mol. The Morgan fingerprint density at radius 3 is 2.55 bits per heavy atom. The number of likely N-dealkylation sites (tertiary alicyclic amines) is 1. The number of fused-ring (bicyclic) bond motifs is 1. The number of carbonyl (C=O) groups is 1. The molecule has 2 aliphatic rings. The average Bonchev–Trinajstić information content (AvgIpc) is 3.11. The van der Waals surface area contributed by atoms with Crippen LogP contribution in [0.1, 0.15) is 40.7 Å². The van der Waals surface area contributed by atoms with Crippen molar-refractivity contribution < 1.29 is 14.3 Å². The number of hydrogen-bond acceptors (Lipinski definition) is 5. The van der Waals surface area contributed by atoms with Crippen LogP contribution in [0.4, 0.5) is 5.69 Å². The first-order valence-corrected chi connectivity index (χ1v) is 10.9. The number of nitrogens with zero attached hydrogens (tertiary/aromatic N) is 2. The van der Waals surface area contributed by atoms with Crippen LogP contribution in [0.15, 0.2) is 54.3 Å². The highest BCUT2D eigenvalue weighted by Crippen LogP contribution is 2.48. The number of rotatable bonds is 5. The molecule has 2 aromatic carbocycles. The minimum absolute atomic E-state index is 0.0506. The normalized spacial score (nSPS) is 23.1. The third kappa shape index (κ3) is 3.94. The second kappa shape index (κ2) is 8.39. The van der Waals surface area contributed by atoms with Crippen LogP contribution >= 0.6 is 0 Å². The number of allylic oxidation sites excluding steroid dienone is 1. The van der Waals surface area contributed by atoms with Crippen molar-refractivity contribution in [1.82, 2.24) is 4.90 Å². The Kier molecular flexibility index (Phi) is 5.80. The summed E-state index contributed by atoms with van der Waals surface area (Å²) >= 11 is 0. The van der Waals surface area contributed by atoms with Crippen molar-refractivity contribution in [1.29, 1.82) is 0 Å². The van der Waals surface area contributed by atoms with Crippen molar-refractivity contribution >= 4 is 11.7 Å². The van der Waals surface area contributed by atoms with Crippen molar-refractivity contribution in [3.63, 3.8) is 0 Å². The first-order chi connectivity index (χ1) is 14.8. The van der Waals surface area contributed by atoms with Gasteiger partial charge in [-0.15, -0.1) is 0 Å². The Hall–Kier alpha value is -2.79. The molecule has 31 heavy (non-hydrogen) atoms. The van der Waals surface area contributed by atoms with E-state index in [9.17, 15) is 4.79 Å². The van der Waals surface area contributed by atoms with Crippen LogP contribution in [0, 0.1) is 6.92 Å². The molecule has 1 aliphatic carbocycles. The van der Waals surface area contributed by atoms with Gasteiger partial charge in [0.05, 0.1) is 12.7 Å². The van der Waals surface area contributed by atoms with Gasteiger partial charge in [0.2, 0.25) is 0 Å². The average molecular weight is 421 g/mol. The lowest BCUT2D eigenvalue weighted by atomic mass is 9.68. The van der Waals surface area contributed by atoms with Gasteiger partial charge in [0.25, 0.3) is 0 Å². The van der Waals surface area contributed by atoms with Gasteiger partial charge in [-0.05, 0) is 80.9 Å². The number of likely N-dealkylation sites (N-methyl/N-ethyl adjacent to an activating group) is 1. The Bertz CT molecular complexity index is 996. The van der Waals surface area contributed by atoms with Crippen LogP contribution in [0.25, 0.3) is 0 Å². The number of ether oxygens (including phenoxy) is 2. The second-order valence-corrected chi connectivity index (χ2v) is 9.00. The van der Waals surface area contributed by atoms with Crippen LogP contribution in [-0.2, 0) is 10.2 Å². The van der Waals surface area contributed by atoms with Crippen LogP contribution in [-0.4, -0.2) is 51.7 Å². The molecule has 1 fully saturated rings. The van der Waals surface area contributed by atoms with Gasteiger partial charge in [0, 0.05) is 37.7 Å². The minimum atomic E-state index is -0.287. The predicted molar refractivity (Wildman–Crippen MR) is 124 cm³/mol. The molecule has 2 aromatic rings. The maximum absolute atomic E-state index is 12.7. The van der Waals surface area contributed by atoms with Gasteiger partial charge < -0.3 is 19.3 Å². The van der Waals surface area contributed by atoms with E-state index in [0.717, 1.165) is 48.6 Å². The van der Waals surface area contributed by atoms with Gasteiger partial charge in [0.15, 0.2) is 0 Å². The van der Waals surface area contributed by atoms with E-state index in [4.69, 9.17) is 9.47 Å². The molecule has 0 amide bonds. The van der Waals surface area contributed by atoms with Crippen LogP contribution in [0.2, 0.25) is 0 Å². The molecular formula is C26H32N2O3.